The lowest BCUT2D eigenvalue weighted by atomic mass is 9.99. The van der Waals surface area contributed by atoms with Gasteiger partial charge in [0, 0.05) is 11.9 Å². The lowest BCUT2D eigenvalue weighted by molar-refractivity contribution is 0.207. The Hall–Kier alpha value is -2.81. The van der Waals surface area contributed by atoms with Gasteiger partial charge in [-0.05, 0) is 42.3 Å². The fraction of sp³-hybridized carbons (Fsp3) is 0.227. The monoisotopic (exact) mass is 330 g/mol. The minimum absolute atomic E-state index is 0.0119. The molecule has 3 aromatic carbocycles. The molecule has 1 N–H and O–H groups in total. The predicted octanol–water partition coefficient (Wildman–Crippen LogP) is 5.52. The minimum Gasteiger partial charge on any atom is -0.317 e. The molecule has 0 spiro atoms. The zero-order valence-corrected chi connectivity index (χ0v) is 14.4. The van der Waals surface area contributed by atoms with Crippen LogP contribution in [0.25, 0.3) is 10.8 Å². The summed E-state index contributed by atoms with van der Waals surface area (Å²) in [4.78, 5) is 14.9. The molecule has 1 heterocycles. The van der Waals surface area contributed by atoms with Gasteiger partial charge in [0.05, 0.1) is 11.7 Å². The zero-order chi connectivity index (χ0) is 17.2. The van der Waals surface area contributed by atoms with Crippen molar-refractivity contribution in [3.63, 3.8) is 0 Å². The van der Waals surface area contributed by atoms with Crippen LogP contribution in [-0.4, -0.2) is 17.5 Å². The van der Waals surface area contributed by atoms with Gasteiger partial charge in [-0.1, -0.05) is 60.7 Å². The third-order valence-corrected chi connectivity index (χ3v) is 5.09. The van der Waals surface area contributed by atoms with Crippen LogP contribution >= 0.6 is 0 Å². The van der Waals surface area contributed by atoms with Crippen LogP contribution < -0.4 is 5.32 Å². The molecule has 126 valence electrons. The summed E-state index contributed by atoms with van der Waals surface area (Å²) >= 11 is 0. The third kappa shape index (κ3) is 2.98. The fourth-order valence-electron chi connectivity index (χ4n) is 3.82. The van der Waals surface area contributed by atoms with E-state index in [1.165, 1.54) is 11.1 Å². The summed E-state index contributed by atoms with van der Waals surface area (Å²) in [6.07, 6.45) is 2.07. The molecule has 25 heavy (non-hydrogen) atoms. The van der Waals surface area contributed by atoms with Gasteiger partial charge >= 0.3 is 6.03 Å². The van der Waals surface area contributed by atoms with Crippen LogP contribution in [0.3, 0.4) is 0 Å². The number of benzene rings is 3. The van der Waals surface area contributed by atoms with Gasteiger partial charge in [0.2, 0.25) is 0 Å². The Morgan fingerprint density at radius 2 is 1.76 bits per heavy atom. The summed E-state index contributed by atoms with van der Waals surface area (Å²) < 4.78 is 0. The highest BCUT2D eigenvalue weighted by Crippen LogP contribution is 2.34. The maximum absolute atomic E-state index is 13.0. The van der Waals surface area contributed by atoms with Crippen LogP contribution in [-0.2, 0) is 0 Å². The van der Waals surface area contributed by atoms with Crippen LogP contribution in [0.5, 0.6) is 0 Å². The topological polar surface area (TPSA) is 32.3 Å². The summed E-state index contributed by atoms with van der Waals surface area (Å²) in [7, 11) is 0. The van der Waals surface area contributed by atoms with Gasteiger partial charge in [-0.15, -0.1) is 0 Å². The Labute approximate surface area is 148 Å². The van der Waals surface area contributed by atoms with E-state index in [0.717, 1.165) is 35.8 Å². The summed E-state index contributed by atoms with van der Waals surface area (Å²) in [5.41, 5.74) is 3.38. The first kappa shape index (κ1) is 15.7. The summed E-state index contributed by atoms with van der Waals surface area (Å²) in [6.45, 7) is 2.92. The number of fused-ring (bicyclic) bond motifs is 1. The molecule has 1 atom stereocenters. The molecule has 0 bridgehead atoms. The van der Waals surface area contributed by atoms with Gasteiger partial charge in [0.25, 0.3) is 0 Å². The molecule has 1 aliphatic heterocycles. The molecule has 1 aliphatic rings. The summed E-state index contributed by atoms with van der Waals surface area (Å²) in [5, 5.41) is 5.34. The molecular formula is C22H22N2O. The predicted molar refractivity (Wildman–Crippen MR) is 103 cm³/mol. The number of nitrogens with zero attached hydrogens (tertiary/aromatic N) is 1. The highest BCUT2D eigenvalue weighted by atomic mass is 16.2. The number of urea groups is 1. The smallest absolute Gasteiger partial charge is 0.317 e. The van der Waals surface area contributed by atoms with E-state index >= 15 is 0 Å². The molecule has 2 amide bonds. The standard InChI is InChI=1S/C22H22N2O/c1-16-8-2-4-11-18(16)21-14-7-15-24(21)22(25)23-20-13-6-10-17-9-3-5-12-19(17)20/h2-6,8-13,21H,7,14-15H2,1H3,(H,23,25)/t21-/m1/s1. The number of carbonyl (C=O) groups excluding carboxylic acids is 1. The second kappa shape index (κ2) is 6.60. The van der Waals surface area contributed by atoms with E-state index in [0.29, 0.717) is 0 Å². The molecule has 0 unspecified atom stereocenters. The van der Waals surface area contributed by atoms with Crippen molar-refractivity contribution in [1.82, 2.24) is 4.90 Å². The van der Waals surface area contributed by atoms with Crippen molar-refractivity contribution in [1.29, 1.82) is 0 Å². The van der Waals surface area contributed by atoms with Gasteiger partial charge < -0.3 is 10.2 Å². The first-order valence-electron chi connectivity index (χ1n) is 8.85. The number of aryl methyl sites for hydroxylation is 1. The van der Waals surface area contributed by atoms with E-state index in [1.54, 1.807) is 0 Å². The van der Waals surface area contributed by atoms with Gasteiger partial charge in [-0.3, -0.25) is 0 Å². The first-order valence-corrected chi connectivity index (χ1v) is 8.85. The molecule has 1 saturated heterocycles. The molecule has 0 aromatic heterocycles. The van der Waals surface area contributed by atoms with Crippen LogP contribution in [0.1, 0.15) is 30.0 Å². The Bertz CT molecular complexity index is 913. The van der Waals surface area contributed by atoms with Crippen LogP contribution in [0.4, 0.5) is 10.5 Å². The van der Waals surface area contributed by atoms with Crippen molar-refractivity contribution in [2.24, 2.45) is 0 Å². The van der Waals surface area contributed by atoms with E-state index in [1.807, 2.05) is 41.3 Å². The quantitative estimate of drug-likeness (QED) is 0.659. The number of likely N-dealkylation sites (tertiary alicyclic amines) is 1. The Kier molecular flexibility index (Phi) is 4.14. The molecule has 1 fully saturated rings. The second-order valence-corrected chi connectivity index (χ2v) is 6.66. The highest BCUT2D eigenvalue weighted by Gasteiger charge is 2.30. The number of nitrogens with one attached hydrogen (secondary N) is 1. The molecule has 0 aliphatic carbocycles. The minimum atomic E-state index is -0.0119. The SMILES string of the molecule is Cc1ccccc1[C@H]1CCCN1C(=O)Nc1cccc2ccccc12. The Morgan fingerprint density at radius 1 is 1.00 bits per heavy atom. The number of rotatable bonds is 2. The molecular weight excluding hydrogens is 308 g/mol. The maximum Gasteiger partial charge on any atom is 0.322 e. The van der Waals surface area contributed by atoms with Crippen molar-refractivity contribution in [2.45, 2.75) is 25.8 Å². The Balaban J connectivity index is 1.61. The van der Waals surface area contributed by atoms with Crippen LogP contribution in [0, 0.1) is 6.92 Å². The van der Waals surface area contributed by atoms with Gasteiger partial charge in [0.1, 0.15) is 0 Å². The molecule has 0 radical (unpaired) electrons. The number of anilines is 1. The van der Waals surface area contributed by atoms with E-state index in [4.69, 9.17) is 0 Å². The number of carbonyl (C=O) groups is 1. The van der Waals surface area contributed by atoms with Crippen molar-refractivity contribution in [2.75, 3.05) is 11.9 Å². The van der Waals surface area contributed by atoms with Gasteiger partial charge in [-0.25, -0.2) is 4.79 Å². The highest BCUT2D eigenvalue weighted by molar-refractivity contribution is 6.01. The van der Waals surface area contributed by atoms with Crippen molar-refractivity contribution >= 4 is 22.5 Å². The van der Waals surface area contributed by atoms with E-state index in [2.05, 4.69) is 42.6 Å². The number of hydrogen-bond acceptors (Lipinski definition) is 1. The van der Waals surface area contributed by atoms with Gasteiger partial charge in [0.15, 0.2) is 0 Å². The number of amides is 2. The first-order chi connectivity index (χ1) is 12.2. The second-order valence-electron chi connectivity index (χ2n) is 6.66. The van der Waals surface area contributed by atoms with E-state index < -0.39 is 0 Å². The normalized spacial score (nSPS) is 17.0. The summed E-state index contributed by atoms with van der Waals surface area (Å²) in [6, 6.07) is 22.7. The fourth-order valence-corrected chi connectivity index (χ4v) is 3.82. The molecule has 4 rings (SSSR count). The lowest BCUT2D eigenvalue weighted by Gasteiger charge is -2.26. The number of hydrogen-bond donors (Lipinski definition) is 1. The Morgan fingerprint density at radius 3 is 2.64 bits per heavy atom. The third-order valence-electron chi connectivity index (χ3n) is 5.09. The average Bonchev–Trinajstić information content (AvgIpc) is 3.12. The molecule has 3 nitrogen and oxygen atoms in total. The van der Waals surface area contributed by atoms with Crippen molar-refractivity contribution in [3.05, 3.63) is 77.9 Å². The van der Waals surface area contributed by atoms with E-state index in [9.17, 15) is 4.79 Å². The lowest BCUT2D eigenvalue weighted by Crippen LogP contribution is -2.34. The molecule has 0 saturated carbocycles. The average molecular weight is 330 g/mol. The molecule has 3 heteroatoms. The maximum atomic E-state index is 13.0. The van der Waals surface area contributed by atoms with Crippen LogP contribution in [0.15, 0.2) is 66.7 Å². The summed E-state index contributed by atoms with van der Waals surface area (Å²) in [5.74, 6) is 0. The van der Waals surface area contributed by atoms with Gasteiger partial charge in [-0.2, -0.15) is 0 Å². The zero-order valence-electron chi connectivity index (χ0n) is 14.4. The van der Waals surface area contributed by atoms with Crippen molar-refractivity contribution < 1.29 is 4.79 Å². The van der Waals surface area contributed by atoms with Crippen molar-refractivity contribution in [3.8, 4) is 0 Å². The molecule has 3 aromatic rings. The largest absolute Gasteiger partial charge is 0.322 e. The van der Waals surface area contributed by atoms with Crippen LogP contribution in [0.2, 0.25) is 0 Å². The van der Waals surface area contributed by atoms with E-state index in [-0.39, 0.29) is 12.1 Å².